The van der Waals surface area contributed by atoms with E-state index >= 15 is 0 Å². The Bertz CT molecular complexity index is 719. The van der Waals surface area contributed by atoms with Crippen LogP contribution in [0.1, 0.15) is 29.1 Å². The fourth-order valence-electron chi connectivity index (χ4n) is 2.56. The van der Waals surface area contributed by atoms with Crippen LogP contribution >= 0.6 is 11.3 Å². The van der Waals surface area contributed by atoms with Gasteiger partial charge in [-0.2, -0.15) is 0 Å². The van der Waals surface area contributed by atoms with Gasteiger partial charge in [0, 0.05) is 24.6 Å². The molecule has 0 saturated carbocycles. The van der Waals surface area contributed by atoms with E-state index in [-0.39, 0.29) is 12.0 Å². The summed E-state index contributed by atoms with van der Waals surface area (Å²) < 4.78 is 11.2. The van der Waals surface area contributed by atoms with E-state index in [1.807, 2.05) is 36.6 Å². The van der Waals surface area contributed by atoms with Gasteiger partial charge in [0.05, 0.1) is 16.8 Å². The molecule has 1 N–H and O–H groups in total. The van der Waals surface area contributed by atoms with Crippen LogP contribution in [-0.2, 0) is 16.1 Å². The average Bonchev–Trinajstić information content (AvgIpc) is 3.29. The second-order valence-corrected chi connectivity index (χ2v) is 6.99. The van der Waals surface area contributed by atoms with Gasteiger partial charge >= 0.3 is 0 Å². The molecular formula is C19H22N2O3S. The minimum Gasteiger partial charge on any atom is -0.487 e. The number of ether oxygens (including phenoxy) is 2. The van der Waals surface area contributed by atoms with Crippen molar-refractivity contribution in [3.63, 3.8) is 0 Å². The topological polar surface area (TPSA) is 60.5 Å². The lowest BCUT2D eigenvalue weighted by atomic mass is 10.2. The summed E-state index contributed by atoms with van der Waals surface area (Å²) in [4.78, 5) is 16.2. The molecule has 0 radical (unpaired) electrons. The first-order chi connectivity index (χ1) is 12.2. The normalized spacial score (nSPS) is 17.1. The van der Waals surface area contributed by atoms with Crippen LogP contribution in [0.2, 0.25) is 0 Å². The second kappa shape index (κ2) is 8.78. The fourth-order valence-corrected chi connectivity index (χ4v) is 3.15. The number of thiazole rings is 1. The quantitative estimate of drug-likeness (QED) is 0.771. The summed E-state index contributed by atoms with van der Waals surface area (Å²) in [6.07, 6.45) is 5.59. The molecular weight excluding hydrogens is 336 g/mol. The summed E-state index contributed by atoms with van der Waals surface area (Å²) in [6, 6.07) is 7.63. The van der Waals surface area contributed by atoms with Crippen LogP contribution in [0.25, 0.3) is 6.08 Å². The van der Waals surface area contributed by atoms with Crippen molar-refractivity contribution in [1.29, 1.82) is 0 Å². The van der Waals surface area contributed by atoms with E-state index in [9.17, 15) is 4.79 Å². The highest BCUT2D eigenvalue weighted by atomic mass is 32.1. The van der Waals surface area contributed by atoms with Gasteiger partial charge in [-0.15, -0.1) is 11.3 Å². The standard InChI is InChI=1S/C19H22N2O3S/c1-14-21-16(13-25-14)12-24-17-7-4-15(5-8-17)6-9-19(22)20-11-18-3-2-10-23-18/h4-9,13,18H,2-3,10-12H2,1H3,(H,20,22)/b9-6+. The third kappa shape index (κ3) is 5.69. The van der Waals surface area contributed by atoms with Gasteiger partial charge in [0.25, 0.3) is 0 Å². The van der Waals surface area contributed by atoms with E-state index in [0.29, 0.717) is 13.2 Å². The van der Waals surface area contributed by atoms with Gasteiger partial charge in [-0.1, -0.05) is 12.1 Å². The summed E-state index contributed by atoms with van der Waals surface area (Å²) >= 11 is 1.62. The van der Waals surface area contributed by atoms with E-state index in [4.69, 9.17) is 9.47 Å². The molecule has 1 aromatic heterocycles. The third-order valence-corrected chi connectivity index (χ3v) is 4.71. The maximum absolute atomic E-state index is 11.8. The first-order valence-electron chi connectivity index (χ1n) is 8.40. The molecule has 132 valence electrons. The Kier molecular flexibility index (Phi) is 6.19. The van der Waals surface area contributed by atoms with Gasteiger partial charge in [0.15, 0.2) is 0 Å². The number of rotatable bonds is 7. The minimum absolute atomic E-state index is 0.102. The number of carbonyl (C=O) groups excluding carboxylic acids is 1. The number of benzene rings is 1. The maximum Gasteiger partial charge on any atom is 0.244 e. The van der Waals surface area contributed by atoms with Crippen LogP contribution in [0, 0.1) is 6.92 Å². The van der Waals surface area contributed by atoms with Crippen LogP contribution in [0.3, 0.4) is 0 Å². The fraction of sp³-hybridized carbons (Fsp3) is 0.368. The van der Waals surface area contributed by atoms with Crippen LogP contribution in [-0.4, -0.2) is 30.1 Å². The van der Waals surface area contributed by atoms with E-state index in [0.717, 1.165) is 41.5 Å². The van der Waals surface area contributed by atoms with E-state index in [1.54, 1.807) is 23.5 Å². The lowest BCUT2D eigenvalue weighted by Crippen LogP contribution is -2.30. The lowest BCUT2D eigenvalue weighted by molar-refractivity contribution is -0.116. The van der Waals surface area contributed by atoms with Crippen molar-refractivity contribution in [1.82, 2.24) is 10.3 Å². The largest absolute Gasteiger partial charge is 0.487 e. The molecule has 1 saturated heterocycles. The molecule has 0 aliphatic carbocycles. The van der Waals surface area contributed by atoms with Crippen molar-refractivity contribution in [3.8, 4) is 5.75 Å². The summed E-state index contributed by atoms with van der Waals surface area (Å²) in [5.41, 5.74) is 1.89. The maximum atomic E-state index is 11.8. The Hall–Kier alpha value is -2.18. The smallest absolute Gasteiger partial charge is 0.244 e. The third-order valence-electron chi connectivity index (χ3n) is 3.89. The Labute approximate surface area is 151 Å². The van der Waals surface area contributed by atoms with Crippen LogP contribution in [0.4, 0.5) is 0 Å². The highest BCUT2D eigenvalue weighted by Crippen LogP contribution is 2.16. The number of hydrogen-bond donors (Lipinski definition) is 1. The zero-order chi connectivity index (χ0) is 17.5. The van der Waals surface area contributed by atoms with E-state index in [1.165, 1.54) is 0 Å². The molecule has 2 heterocycles. The Morgan fingerprint density at radius 1 is 1.44 bits per heavy atom. The number of aromatic nitrogens is 1. The molecule has 1 amide bonds. The van der Waals surface area contributed by atoms with Crippen LogP contribution in [0.15, 0.2) is 35.7 Å². The summed E-state index contributed by atoms with van der Waals surface area (Å²) in [5.74, 6) is 0.681. The first-order valence-corrected chi connectivity index (χ1v) is 9.28. The molecule has 2 aromatic rings. The van der Waals surface area contributed by atoms with Gasteiger partial charge in [0.2, 0.25) is 5.91 Å². The van der Waals surface area contributed by atoms with Gasteiger partial charge < -0.3 is 14.8 Å². The minimum atomic E-state index is -0.102. The first kappa shape index (κ1) is 17.6. The molecule has 1 aliphatic rings. The van der Waals surface area contributed by atoms with Crippen molar-refractivity contribution in [2.24, 2.45) is 0 Å². The molecule has 6 heteroatoms. The highest BCUT2D eigenvalue weighted by Gasteiger charge is 2.15. The lowest BCUT2D eigenvalue weighted by Gasteiger charge is -2.08. The van der Waals surface area contributed by atoms with Crippen LogP contribution in [0.5, 0.6) is 5.75 Å². The second-order valence-electron chi connectivity index (χ2n) is 5.93. The SMILES string of the molecule is Cc1nc(COc2ccc(/C=C/C(=O)NCC3CCCO3)cc2)cs1. The van der Waals surface area contributed by atoms with E-state index in [2.05, 4.69) is 10.3 Å². The molecule has 1 unspecified atom stereocenters. The molecule has 5 nitrogen and oxygen atoms in total. The molecule has 1 fully saturated rings. The van der Waals surface area contributed by atoms with Crippen molar-refractivity contribution in [2.45, 2.75) is 32.5 Å². The van der Waals surface area contributed by atoms with E-state index < -0.39 is 0 Å². The van der Waals surface area contributed by atoms with Crippen molar-refractivity contribution in [3.05, 3.63) is 52.0 Å². The van der Waals surface area contributed by atoms with Gasteiger partial charge in [-0.05, 0) is 43.5 Å². The number of hydrogen-bond acceptors (Lipinski definition) is 5. The Morgan fingerprint density at radius 2 is 2.28 bits per heavy atom. The molecule has 0 spiro atoms. The zero-order valence-corrected chi connectivity index (χ0v) is 15.1. The summed E-state index contributed by atoms with van der Waals surface area (Å²) in [5, 5.41) is 5.91. The Balaban J connectivity index is 1.43. The molecule has 1 aromatic carbocycles. The number of nitrogens with zero attached hydrogens (tertiary/aromatic N) is 1. The number of carbonyl (C=O) groups is 1. The van der Waals surface area contributed by atoms with Crippen molar-refractivity contribution in [2.75, 3.05) is 13.2 Å². The monoisotopic (exact) mass is 358 g/mol. The Morgan fingerprint density at radius 3 is 2.96 bits per heavy atom. The molecule has 0 bridgehead atoms. The highest BCUT2D eigenvalue weighted by molar-refractivity contribution is 7.09. The average molecular weight is 358 g/mol. The molecule has 1 atom stereocenters. The number of amides is 1. The van der Waals surface area contributed by atoms with Gasteiger partial charge in [0.1, 0.15) is 12.4 Å². The van der Waals surface area contributed by atoms with Crippen LogP contribution < -0.4 is 10.1 Å². The van der Waals surface area contributed by atoms with Gasteiger partial charge in [-0.3, -0.25) is 4.79 Å². The molecule has 25 heavy (non-hydrogen) atoms. The predicted molar refractivity (Wildman–Crippen MR) is 98.6 cm³/mol. The molecule has 3 rings (SSSR count). The van der Waals surface area contributed by atoms with Crippen molar-refractivity contribution >= 4 is 23.3 Å². The summed E-state index contributed by atoms with van der Waals surface area (Å²) in [7, 11) is 0. The number of aryl methyl sites for hydroxylation is 1. The summed E-state index contributed by atoms with van der Waals surface area (Å²) in [6.45, 7) is 3.82. The molecule has 1 aliphatic heterocycles. The van der Waals surface area contributed by atoms with Gasteiger partial charge in [-0.25, -0.2) is 4.98 Å². The van der Waals surface area contributed by atoms with Crippen molar-refractivity contribution < 1.29 is 14.3 Å². The number of nitrogens with one attached hydrogen (secondary N) is 1. The zero-order valence-electron chi connectivity index (χ0n) is 14.2. The predicted octanol–water partition coefficient (Wildman–Crippen LogP) is 3.34.